The van der Waals surface area contributed by atoms with Crippen LogP contribution in [0.25, 0.3) is 10.9 Å². The molecule has 1 N–H and O–H groups in total. The predicted octanol–water partition coefficient (Wildman–Crippen LogP) is 6.28. The first-order chi connectivity index (χ1) is 13.3. The summed E-state index contributed by atoms with van der Waals surface area (Å²) in [7, 11) is 0. The molecule has 0 aliphatic heterocycles. The van der Waals surface area contributed by atoms with Crippen LogP contribution in [0.2, 0.25) is 13.3 Å². The normalized spacial score (nSPS) is 12.6. The molecule has 28 heavy (non-hydrogen) atoms. The van der Waals surface area contributed by atoms with Gasteiger partial charge in [-0.15, -0.1) is 0 Å². The molecule has 0 radical (unpaired) electrons. The van der Waals surface area contributed by atoms with Crippen LogP contribution in [0.3, 0.4) is 0 Å². The standard InChI is InChI=1S/C12H13N2O.3C4H9.Sn/c1-12(2,3)11-13-9-7-5-4-6-8(9)10(15)14-11;3*1-3-4-2;/h4-5,7H,1-3H3,(H,13,14,15);3*1,3-4H2,2H3;. The molecule has 0 aliphatic carbocycles. The second-order valence-electron chi connectivity index (χ2n) is 9.46. The minimum atomic E-state index is -2.69. The third kappa shape index (κ3) is 5.40. The molecule has 0 saturated heterocycles. The Morgan fingerprint density at radius 2 is 1.46 bits per heavy atom. The number of benzene rings is 1. The molecule has 1 heterocycles. The second kappa shape index (κ2) is 10.3. The fourth-order valence-corrected chi connectivity index (χ4v) is 21.1. The number of unbranched alkanes of at least 4 members (excludes halogenated alkanes) is 3. The van der Waals surface area contributed by atoms with E-state index in [0.717, 1.165) is 16.7 Å². The molecular formula is C24H40N2OSn. The molecule has 0 fully saturated rings. The van der Waals surface area contributed by atoms with E-state index in [1.807, 2.05) is 6.07 Å². The molecule has 2 rings (SSSR count). The molecule has 4 heteroatoms. The van der Waals surface area contributed by atoms with Crippen molar-refractivity contribution >= 4 is 32.9 Å². The van der Waals surface area contributed by atoms with Crippen LogP contribution in [-0.4, -0.2) is 28.3 Å². The zero-order valence-corrected chi connectivity index (χ0v) is 21.8. The van der Waals surface area contributed by atoms with Crippen molar-refractivity contribution in [3.8, 4) is 0 Å². The molecule has 0 unspecified atom stereocenters. The van der Waals surface area contributed by atoms with Crippen LogP contribution in [0.15, 0.2) is 23.0 Å². The summed E-state index contributed by atoms with van der Waals surface area (Å²) in [6, 6.07) is 6.50. The average molecular weight is 491 g/mol. The molecule has 1 aromatic heterocycles. The maximum atomic E-state index is 13.3. The molecule has 0 aliphatic rings. The summed E-state index contributed by atoms with van der Waals surface area (Å²) in [4.78, 5) is 21.3. The SMILES string of the molecule is CCC[CH2][Sn]([CH2]CCC)([CH2]CCC)[c]1cccc2nc(C(C)(C)C)[nH]c(=O)c12. The van der Waals surface area contributed by atoms with E-state index in [9.17, 15) is 4.79 Å². The number of H-pyrrole nitrogens is 1. The third-order valence-corrected chi connectivity index (χ3v) is 21.7. The molecule has 0 amide bonds. The van der Waals surface area contributed by atoms with Gasteiger partial charge in [0.15, 0.2) is 0 Å². The van der Waals surface area contributed by atoms with E-state index in [2.05, 4.69) is 58.7 Å². The van der Waals surface area contributed by atoms with Crippen molar-refractivity contribution in [1.82, 2.24) is 9.97 Å². The van der Waals surface area contributed by atoms with Gasteiger partial charge in [0.05, 0.1) is 0 Å². The molecule has 1 aromatic carbocycles. The minimum absolute atomic E-state index is 0.0797. The molecule has 0 atom stereocenters. The van der Waals surface area contributed by atoms with Crippen LogP contribution in [-0.2, 0) is 5.41 Å². The predicted molar refractivity (Wildman–Crippen MR) is 126 cm³/mol. The van der Waals surface area contributed by atoms with Crippen molar-refractivity contribution < 1.29 is 0 Å². The topological polar surface area (TPSA) is 45.8 Å². The van der Waals surface area contributed by atoms with Gasteiger partial charge in [-0.1, -0.05) is 0 Å². The number of nitrogens with one attached hydrogen (secondary N) is 1. The Hall–Kier alpha value is -0.841. The molecular weight excluding hydrogens is 451 g/mol. The monoisotopic (exact) mass is 492 g/mol. The van der Waals surface area contributed by atoms with Crippen LogP contribution in [0.5, 0.6) is 0 Å². The van der Waals surface area contributed by atoms with Gasteiger partial charge in [-0.2, -0.15) is 0 Å². The molecule has 2 aromatic rings. The summed E-state index contributed by atoms with van der Waals surface area (Å²) in [5, 5.41) is 0.912. The Morgan fingerprint density at radius 3 is 1.93 bits per heavy atom. The molecule has 156 valence electrons. The van der Waals surface area contributed by atoms with Crippen molar-refractivity contribution in [2.75, 3.05) is 0 Å². The van der Waals surface area contributed by atoms with Gasteiger partial charge in [0.2, 0.25) is 0 Å². The first-order valence-electron chi connectivity index (χ1n) is 11.3. The Bertz CT molecular complexity index is 798. The van der Waals surface area contributed by atoms with Crippen LogP contribution in [0, 0.1) is 0 Å². The summed E-state index contributed by atoms with van der Waals surface area (Å²) >= 11 is -2.69. The first-order valence-corrected chi connectivity index (χ1v) is 18.8. The van der Waals surface area contributed by atoms with Crippen molar-refractivity contribution in [2.24, 2.45) is 0 Å². The van der Waals surface area contributed by atoms with E-state index in [1.165, 1.54) is 55.4 Å². The van der Waals surface area contributed by atoms with E-state index in [0.29, 0.717) is 0 Å². The van der Waals surface area contributed by atoms with Crippen molar-refractivity contribution in [1.29, 1.82) is 0 Å². The second-order valence-corrected chi connectivity index (χ2v) is 22.6. The molecule has 0 bridgehead atoms. The number of rotatable bonds is 10. The van der Waals surface area contributed by atoms with Gasteiger partial charge in [0, 0.05) is 0 Å². The van der Waals surface area contributed by atoms with Crippen molar-refractivity contribution in [2.45, 2.75) is 98.8 Å². The Morgan fingerprint density at radius 1 is 0.929 bits per heavy atom. The third-order valence-electron chi connectivity index (χ3n) is 6.04. The fourth-order valence-electron chi connectivity index (χ4n) is 4.31. The summed E-state index contributed by atoms with van der Waals surface area (Å²) in [5.41, 5.74) is 0.823. The Labute approximate surface area is 175 Å². The Balaban J connectivity index is 2.71. The summed E-state index contributed by atoms with van der Waals surface area (Å²) in [5.74, 6) is 0.790. The van der Waals surface area contributed by atoms with Gasteiger partial charge in [0.1, 0.15) is 0 Å². The van der Waals surface area contributed by atoms with E-state index < -0.39 is 18.4 Å². The number of nitrogens with zero attached hydrogens (tertiary/aromatic N) is 1. The van der Waals surface area contributed by atoms with Crippen LogP contribution in [0.1, 0.15) is 85.9 Å². The number of hydrogen-bond donors (Lipinski definition) is 1. The van der Waals surface area contributed by atoms with Crippen LogP contribution in [0.4, 0.5) is 0 Å². The quantitative estimate of drug-likeness (QED) is 0.398. The first kappa shape index (κ1) is 23.4. The van der Waals surface area contributed by atoms with E-state index in [4.69, 9.17) is 4.98 Å². The van der Waals surface area contributed by atoms with Crippen molar-refractivity contribution in [3.63, 3.8) is 0 Å². The van der Waals surface area contributed by atoms with Gasteiger partial charge in [-0.05, 0) is 0 Å². The zero-order valence-electron chi connectivity index (χ0n) is 19.0. The maximum absolute atomic E-state index is 13.3. The van der Waals surface area contributed by atoms with Gasteiger partial charge >= 0.3 is 176 Å². The van der Waals surface area contributed by atoms with Gasteiger partial charge < -0.3 is 0 Å². The fraction of sp³-hybridized carbons (Fsp3) is 0.667. The van der Waals surface area contributed by atoms with E-state index in [1.54, 1.807) is 0 Å². The summed E-state index contributed by atoms with van der Waals surface area (Å²) < 4.78 is 5.54. The number of aromatic nitrogens is 2. The van der Waals surface area contributed by atoms with Crippen LogP contribution >= 0.6 is 0 Å². The van der Waals surface area contributed by atoms with Crippen molar-refractivity contribution in [3.05, 3.63) is 34.4 Å². The number of hydrogen-bond acceptors (Lipinski definition) is 2. The van der Waals surface area contributed by atoms with Gasteiger partial charge in [0.25, 0.3) is 0 Å². The van der Waals surface area contributed by atoms with E-state index in [-0.39, 0.29) is 11.0 Å². The van der Waals surface area contributed by atoms with Gasteiger partial charge in [-0.25, -0.2) is 0 Å². The van der Waals surface area contributed by atoms with E-state index >= 15 is 0 Å². The van der Waals surface area contributed by atoms with Crippen LogP contribution < -0.4 is 9.14 Å². The summed E-state index contributed by atoms with van der Waals surface area (Å²) in [6.45, 7) is 13.2. The number of aromatic amines is 1. The molecule has 0 spiro atoms. The average Bonchev–Trinajstić information content (AvgIpc) is 2.66. The zero-order chi connectivity index (χ0) is 20.8. The Kier molecular flexibility index (Phi) is 8.59. The van der Waals surface area contributed by atoms with Gasteiger partial charge in [-0.3, -0.25) is 0 Å². The molecule has 3 nitrogen and oxygen atoms in total. The molecule has 0 saturated carbocycles. The summed E-state index contributed by atoms with van der Waals surface area (Å²) in [6.07, 6.45) is 7.61. The number of fused-ring (bicyclic) bond motifs is 1.